The van der Waals surface area contributed by atoms with Crippen molar-refractivity contribution in [3.63, 3.8) is 0 Å². The second-order valence-electron chi connectivity index (χ2n) is 5.15. The Morgan fingerprint density at radius 2 is 2.26 bits per heavy atom. The van der Waals surface area contributed by atoms with E-state index in [4.69, 9.17) is 4.74 Å². The summed E-state index contributed by atoms with van der Waals surface area (Å²) >= 11 is 0. The van der Waals surface area contributed by atoms with Gasteiger partial charge in [-0.25, -0.2) is 4.79 Å². The summed E-state index contributed by atoms with van der Waals surface area (Å²) in [5.41, 5.74) is 3.26. The van der Waals surface area contributed by atoms with Crippen LogP contribution >= 0.6 is 0 Å². The van der Waals surface area contributed by atoms with Crippen molar-refractivity contribution in [2.75, 3.05) is 33.8 Å². The number of nitrogens with zero attached hydrogens (tertiary/aromatic N) is 3. The highest BCUT2D eigenvalue weighted by Gasteiger charge is 2.22. The molecule has 0 unspecified atom stereocenters. The van der Waals surface area contributed by atoms with E-state index >= 15 is 0 Å². The zero-order chi connectivity index (χ0) is 13.8. The summed E-state index contributed by atoms with van der Waals surface area (Å²) in [5.74, 6) is 0. The van der Waals surface area contributed by atoms with Crippen LogP contribution in [-0.4, -0.2) is 54.7 Å². The van der Waals surface area contributed by atoms with Crippen molar-refractivity contribution < 1.29 is 9.53 Å². The van der Waals surface area contributed by atoms with E-state index in [9.17, 15) is 4.79 Å². The smallest absolute Gasteiger partial charge is 0.410 e. The van der Waals surface area contributed by atoms with Gasteiger partial charge >= 0.3 is 6.09 Å². The van der Waals surface area contributed by atoms with Gasteiger partial charge in [0.05, 0.1) is 6.54 Å². The molecule has 2 rings (SSSR count). The molecular formula is C14H21N3O2. The van der Waals surface area contributed by atoms with Crippen LogP contribution in [0.1, 0.15) is 17.0 Å². The van der Waals surface area contributed by atoms with Gasteiger partial charge in [-0.3, -0.25) is 4.98 Å². The number of carbonyl (C=O) groups is 1. The molecule has 0 atom stereocenters. The predicted octanol–water partition coefficient (Wildman–Crippen LogP) is 1.45. The topological polar surface area (TPSA) is 45.7 Å². The van der Waals surface area contributed by atoms with Gasteiger partial charge in [0, 0.05) is 30.9 Å². The Hall–Kier alpha value is -1.62. The third-order valence-corrected chi connectivity index (χ3v) is 3.21. The number of ether oxygens (including phenoxy) is 1. The van der Waals surface area contributed by atoms with Crippen molar-refractivity contribution in [3.05, 3.63) is 29.1 Å². The average Bonchev–Trinajstić information content (AvgIpc) is 2.37. The lowest BCUT2D eigenvalue weighted by atomic mass is 10.1. The molecule has 1 aliphatic heterocycles. The molecule has 104 valence electrons. The molecule has 19 heavy (non-hydrogen) atoms. The van der Waals surface area contributed by atoms with Crippen molar-refractivity contribution in [2.24, 2.45) is 0 Å². The maximum atomic E-state index is 11.9. The summed E-state index contributed by atoms with van der Waals surface area (Å²) in [4.78, 5) is 20.2. The Morgan fingerprint density at radius 3 is 3.00 bits per heavy atom. The number of likely N-dealkylation sites (N-methyl/N-ethyl adjacent to an activating group) is 1. The molecule has 1 aliphatic rings. The van der Waals surface area contributed by atoms with E-state index < -0.39 is 0 Å². The lowest BCUT2D eigenvalue weighted by molar-refractivity contribution is 0.0916. The Kier molecular flexibility index (Phi) is 4.37. The van der Waals surface area contributed by atoms with Gasteiger partial charge in [0.1, 0.15) is 6.61 Å². The lowest BCUT2D eigenvalue weighted by Gasteiger charge is -2.27. The molecule has 1 aromatic rings. The molecule has 0 saturated heterocycles. The zero-order valence-electron chi connectivity index (χ0n) is 11.8. The molecule has 2 heterocycles. The van der Waals surface area contributed by atoms with Gasteiger partial charge in [0.25, 0.3) is 0 Å². The number of hydrogen-bond donors (Lipinski definition) is 0. The highest BCUT2D eigenvalue weighted by atomic mass is 16.6. The van der Waals surface area contributed by atoms with Gasteiger partial charge in [-0.1, -0.05) is 6.07 Å². The number of carbonyl (C=O) groups excluding carboxylic acids is 1. The number of rotatable bonds is 3. The first-order valence-corrected chi connectivity index (χ1v) is 6.58. The summed E-state index contributed by atoms with van der Waals surface area (Å²) in [6.07, 6.45) is 0.577. The van der Waals surface area contributed by atoms with E-state index in [1.165, 1.54) is 0 Å². The first-order valence-electron chi connectivity index (χ1n) is 6.58. The number of aromatic nitrogens is 1. The van der Waals surface area contributed by atoms with Crippen LogP contribution in [0.2, 0.25) is 0 Å². The first kappa shape index (κ1) is 13.8. The van der Waals surface area contributed by atoms with Crippen molar-refractivity contribution in [1.82, 2.24) is 14.8 Å². The van der Waals surface area contributed by atoms with E-state index in [1.54, 1.807) is 4.90 Å². The van der Waals surface area contributed by atoms with E-state index in [2.05, 4.69) is 11.1 Å². The minimum Gasteiger partial charge on any atom is -0.448 e. The summed E-state index contributed by atoms with van der Waals surface area (Å²) < 4.78 is 5.26. The maximum Gasteiger partial charge on any atom is 0.410 e. The lowest BCUT2D eigenvalue weighted by Crippen LogP contribution is -2.37. The Bertz CT molecular complexity index is 460. The van der Waals surface area contributed by atoms with Crippen molar-refractivity contribution in [1.29, 1.82) is 0 Å². The fourth-order valence-corrected chi connectivity index (χ4v) is 2.09. The van der Waals surface area contributed by atoms with Gasteiger partial charge in [-0.05, 0) is 32.6 Å². The second kappa shape index (κ2) is 6.02. The van der Waals surface area contributed by atoms with Crippen LogP contribution in [0, 0.1) is 6.92 Å². The molecule has 0 saturated carbocycles. The minimum atomic E-state index is -0.229. The van der Waals surface area contributed by atoms with Crippen LogP contribution in [-0.2, 0) is 17.7 Å². The van der Waals surface area contributed by atoms with Gasteiger partial charge in [0.2, 0.25) is 0 Å². The van der Waals surface area contributed by atoms with Crippen LogP contribution in [0.15, 0.2) is 12.1 Å². The highest BCUT2D eigenvalue weighted by Crippen LogP contribution is 2.18. The maximum absolute atomic E-state index is 11.9. The third-order valence-electron chi connectivity index (χ3n) is 3.21. The normalized spacial score (nSPS) is 14.4. The molecule has 5 nitrogen and oxygen atoms in total. The average molecular weight is 263 g/mol. The number of amides is 1. The zero-order valence-corrected chi connectivity index (χ0v) is 11.8. The number of aryl methyl sites for hydroxylation is 1. The fourth-order valence-electron chi connectivity index (χ4n) is 2.09. The standard InChI is InChI=1S/C14H21N3O2/c1-11-4-5-12-10-17(7-6-13(12)15-11)14(18)19-9-8-16(2)3/h4-5H,6-10H2,1-3H3. The summed E-state index contributed by atoms with van der Waals surface area (Å²) in [5, 5.41) is 0. The third kappa shape index (κ3) is 3.67. The number of pyridine rings is 1. The van der Waals surface area contributed by atoms with Gasteiger partial charge in [0.15, 0.2) is 0 Å². The molecule has 0 N–H and O–H groups in total. The number of fused-ring (bicyclic) bond motifs is 1. The SMILES string of the molecule is Cc1ccc2c(n1)CCN(C(=O)OCCN(C)C)C2. The largest absolute Gasteiger partial charge is 0.448 e. The molecule has 1 amide bonds. The number of hydrogen-bond acceptors (Lipinski definition) is 4. The van der Waals surface area contributed by atoms with E-state index in [0.717, 1.165) is 29.9 Å². The second-order valence-corrected chi connectivity index (χ2v) is 5.15. The van der Waals surface area contributed by atoms with Gasteiger partial charge in [-0.15, -0.1) is 0 Å². The van der Waals surface area contributed by atoms with E-state index in [1.807, 2.05) is 32.0 Å². The molecule has 5 heteroatoms. The van der Waals surface area contributed by atoms with E-state index in [0.29, 0.717) is 19.7 Å². The van der Waals surface area contributed by atoms with Crippen LogP contribution in [0.25, 0.3) is 0 Å². The summed E-state index contributed by atoms with van der Waals surface area (Å²) in [6, 6.07) is 4.04. The van der Waals surface area contributed by atoms with Crippen molar-refractivity contribution in [2.45, 2.75) is 19.9 Å². The first-order chi connectivity index (χ1) is 9.06. The predicted molar refractivity (Wildman–Crippen MR) is 73.0 cm³/mol. The van der Waals surface area contributed by atoms with Crippen LogP contribution in [0.5, 0.6) is 0 Å². The summed E-state index contributed by atoms with van der Waals surface area (Å²) in [6.45, 7) is 4.45. The van der Waals surface area contributed by atoms with Crippen molar-refractivity contribution in [3.8, 4) is 0 Å². The van der Waals surface area contributed by atoms with Crippen LogP contribution < -0.4 is 0 Å². The molecule has 0 aliphatic carbocycles. The summed E-state index contributed by atoms with van der Waals surface area (Å²) in [7, 11) is 3.91. The monoisotopic (exact) mass is 263 g/mol. The highest BCUT2D eigenvalue weighted by molar-refractivity contribution is 5.68. The van der Waals surface area contributed by atoms with Gasteiger partial charge < -0.3 is 14.5 Å². The Labute approximate surface area is 114 Å². The molecule has 0 aromatic carbocycles. The quantitative estimate of drug-likeness (QED) is 0.828. The molecule has 1 aromatic heterocycles. The van der Waals surface area contributed by atoms with Crippen molar-refractivity contribution >= 4 is 6.09 Å². The minimum absolute atomic E-state index is 0.229. The Balaban J connectivity index is 1.90. The van der Waals surface area contributed by atoms with Gasteiger partial charge in [-0.2, -0.15) is 0 Å². The molecular weight excluding hydrogens is 242 g/mol. The fraction of sp³-hybridized carbons (Fsp3) is 0.571. The van der Waals surface area contributed by atoms with E-state index in [-0.39, 0.29) is 6.09 Å². The Morgan fingerprint density at radius 1 is 1.47 bits per heavy atom. The van der Waals surface area contributed by atoms with Crippen LogP contribution in [0.3, 0.4) is 0 Å². The molecule has 0 radical (unpaired) electrons. The molecule has 0 bridgehead atoms. The molecule has 0 fully saturated rings. The molecule has 0 spiro atoms. The van der Waals surface area contributed by atoms with Crippen LogP contribution in [0.4, 0.5) is 4.79 Å².